The summed E-state index contributed by atoms with van der Waals surface area (Å²) in [5, 5.41) is 10.5. The molecule has 1 saturated carbocycles. The second-order valence-corrected chi connectivity index (χ2v) is 6.53. The summed E-state index contributed by atoms with van der Waals surface area (Å²) in [6, 6.07) is 1.41. The van der Waals surface area contributed by atoms with Gasteiger partial charge >= 0.3 is 12.1 Å². The minimum Gasteiger partial charge on any atom is -0.478 e. The van der Waals surface area contributed by atoms with E-state index in [1.165, 1.54) is 11.4 Å². The van der Waals surface area contributed by atoms with Crippen LogP contribution in [0.5, 0.6) is 0 Å². The number of thiophene rings is 1. The summed E-state index contributed by atoms with van der Waals surface area (Å²) in [5.41, 5.74) is 0.261. The largest absolute Gasteiger partial charge is 0.478 e. The summed E-state index contributed by atoms with van der Waals surface area (Å²) in [7, 11) is 0. The van der Waals surface area contributed by atoms with Crippen molar-refractivity contribution >= 4 is 33.4 Å². The Morgan fingerprint density at radius 3 is 2.65 bits per heavy atom. The van der Waals surface area contributed by atoms with Gasteiger partial charge in [0.15, 0.2) is 0 Å². The molecule has 0 aliphatic heterocycles. The Balaban J connectivity index is 1.88. The van der Waals surface area contributed by atoms with Crippen molar-refractivity contribution in [3.8, 4) is 0 Å². The van der Waals surface area contributed by atoms with Gasteiger partial charge in [0.1, 0.15) is 12.2 Å². The highest BCUT2D eigenvalue weighted by Crippen LogP contribution is 2.32. The minimum absolute atomic E-state index is 0.00798. The number of hydrogen-bond acceptors (Lipinski definition) is 3. The molecular weight excluding hydrogens is 333 g/mol. The Morgan fingerprint density at radius 2 is 2.09 bits per heavy atom. The van der Waals surface area contributed by atoms with E-state index in [-0.39, 0.29) is 29.2 Å². The molecule has 0 saturated heterocycles. The zero-order valence-electron chi connectivity index (χ0n) is 11.8. The second-order valence-electron chi connectivity index (χ2n) is 5.62. The third kappa shape index (κ3) is 3.49. The number of carboxylic acids is 1. The van der Waals surface area contributed by atoms with Crippen LogP contribution in [0.1, 0.15) is 33.7 Å². The van der Waals surface area contributed by atoms with Crippen LogP contribution in [0.25, 0.3) is 10.2 Å². The van der Waals surface area contributed by atoms with Gasteiger partial charge in [-0.25, -0.2) is 4.79 Å². The third-order valence-corrected chi connectivity index (χ3v) is 4.58. The molecule has 0 bridgehead atoms. The molecule has 0 aromatic carbocycles. The number of aromatic carboxylic acids is 1. The van der Waals surface area contributed by atoms with Crippen LogP contribution in [0.2, 0.25) is 0 Å². The Labute approximate surface area is 132 Å². The van der Waals surface area contributed by atoms with Gasteiger partial charge in [-0.05, 0) is 24.8 Å². The molecule has 2 aromatic heterocycles. The zero-order valence-corrected chi connectivity index (χ0v) is 12.6. The number of halogens is 3. The fraction of sp³-hybridized carbons (Fsp3) is 0.429. The molecule has 0 spiro atoms. The molecule has 3 rings (SSSR count). The summed E-state index contributed by atoms with van der Waals surface area (Å²) in [6.45, 7) is -1.24. The molecule has 9 heteroatoms. The maximum atomic E-state index is 12.7. The van der Waals surface area contributed by atoms with Crippen molar-refractivity contribution < 1.29 is 27.9 Å². The van der Waals surface area contributed by atoms with Gasteiger partial charge < -0.3 is 15.0 Å². The number of carbonyl (C=O) groups excluding carboxylic acids is 1. The molecule has 2 N–H and O–H groups in total. The minimum atomic E-state index is -4.47. The number of amides is 1. The second kappa shape index (κ2) is 5.55. The smallest absolute Gasteiger partial charge is 0.406 e. The number of fused-ring (bicyclic) bond motifs is 1. The standard InChI is InChI=1S/C14H13F3N2O3S/c15-14(16,17)6-19(4-7-1-2-7)12(20)9-3-10-11(18-9)8(5-23-10)13(21)22/h3,5,7,18H,1-2,4,6H2,(H,21,22). The Kier molecular flexibility index (Phi) is 3.83. The molecule has 124 valence electrons. The van der Waals surface area contributed by atoms with Crippen molar-refractivity contribution in [2.45, 2.75) is 19.0 Å². The fourth-order valence-corrected chi connectivity index (χ4v) is 3.33. The monoisotopic (exact) mass is 346 g/mol. The molecule has 1 amide bonds. The van der Waals surface area contributed by atoms with Crippen LogP contribution in [0.15, 0.2) is 11.4 Å². The highest BCUT2D eigenvalue weighted by Gasteiger charge is 2.36. The van der Waals surface area contributed by atoms with Gasteiger partial charge in [-0.15, -0.1) is 11.3 Å². The number of hydrogen-bond donors (Lipinski definition) is 2. The first-order chi connectivity index (χ1) is 10.7. The van der Waals surface area contributed by atoms with E-state index < -0.39 is 24.6 Å². The molecule has 1 fully saturated rings. The maximum absolute atomic E-state index is 12.7. The summed E-state index contributed by atoms with van der Waals surface area (Å²) in [4.78, 5) is 26.9. The maximum Gasteiger partial charge on any atom is 0.406 e. The number of rotatable bonds is 5. The van der Waals surface area contributed by atoms with E-state index in [0.717, 1.165) is 29.1 Å². The van der Waals surface area contributed by atoms with E-state index in [4.69, 9.17) is 5.11 Å². The topological polar surface area (TPSA) is 73.4 Å². The van der Waals surface area contributed by atoms with Gasteiger partial charge in [0.2, 0.25) is 0 Å². The third-order valence-electron chi connectivity index (χ3n) is 3.65. The lowest BCUT2D eigenvalue weighted by Gasteiger charge is -2.23. The molecule has 5 nitrogen and oxygen atoms in total. The summed E-state index contributed by atoms with van der Waals surface area (Å²) < 4.78 is 38.6. The van der Waals surface area contributed by atoms with Gasteiger partial charge in [0.25, 0.3) is 5.91 Å². The SMILES string of the molecule is O=C(O)c1csc2cc(C(=O)N(CC3CC3)CC(F)(F)F)[nH]c12. The number of H-pyrrole nitrogens is 1. The van der Waals surface area contributed by atoms with Gasteiger partial charge in [-0.2, -0.15) is 13.2 Å². The van der Waals surface area contributed by atoms with E-state index >= 15 is 0 Å². The van der Waals surface area contributed by atoms with Gasteiger partial charge in [0.05, 0.1) is 15.8 Å². The van der Waals surface area contributed by atoms with E-state index in [0.29, 0.717) is 4.70 Å². The molecular formula is C14H13F3N2O3S. The number of nitrogens with one attached hydrogen (secondary N) is 1. The molecule has 0 unspecified atom stereocenters. The lowest BCUT2D eigenvalue weighted by Crippen LogP contribution is -2.40. The van der Waals surface area contributed by atoms with Crippen LogP contribution in [0.3, 0.4) is 0 Å². The predicted molar refractivity (Wildman–Crippen MR) is 77.8 cm³/mol. The number of aromatic amines is 1. The number of alkyl halides is 3. The number of nitrogens with zero attached hydrogens (tertiary/aromatic N) is 1. The first kappa shape index (κ1) is 15.9. The number of carbonyl (C=O) groups is 2. The van der Waals surface area contributed by atoms with Crippen molar-refractivity contribution in [3.63, 3.8) is 0 Å². The van der Waals surface area contributed by atoms with Gasteiger partial charge in [-0.3, -0.25) is 4.79 Å². The highest BCUT2D eigenvalue weighted by molar-refractivity contribution is 7.17. The Bertz CT molecular complexity index is 761. The molecule has 0 radical (unpaired) electrons. The lowest BCUT2D eigenvalue weighted by molar-refractivity contribution is -0.141. The van der Waals surface area contributed by atoms with Gasteiger partial charge in [0, 0.05) is 11.9 Å². The molecule has 23 heavy (non-hydrogen) atoms. The van der Waals surface area contributed by atoms with Crippen molar-refractivity contribution in [2.75, 3.05) is 13.1 Å². The Morgan fingerprint density at radius 1 is 1.39 bits per heavy atom. The van der Waals surface area contributed by atoms with Crippen LogP contribution in [-0.2, 0) is 0 Å². The normalized spacial score (nSPS) is 15.1. The van der Waals surface area contributed by atoms with Gasteiger partial charge in [-0.1, -0.05) is 0 Å². The highest BCUT2D eigenvalue weighted by atomic mass is 32.1. The van der Waals surface area contributed by atoms with Crippen molar-refractivity contribution in [1.82, 2.24) is 9.88 Å². The lowest BCUT2D eigenvalue weighted by atomic mass is 10.3. The van der Waals surface area contributed by atoms with E-state index in [1.807, 2.05) is 0 Å². The molecule has 1 aliphatic carbocycles. The first-order valence-electron chi connectivity index (χ1n) is 6.94. The molecule has 0 atom stereocenters. The van der Waals surface area contributed by atoms with Crippen LogP contribution in [-0.4, -0.2) is 46.1 Å². The number of carboxylic acid groups (broad SMARTS) is 1. The average Bonchev–Trinajstić information content (AvgIpc) is 2.99. The Hall–Kier alpha value is -2.03. The van der Waals surface area contributed by atoms with E-state index in [2.05, 4.69) is 4.98 Å². The summed E-state index contributed by atoms with van der Waals surface area (Å²) in [6.07, 6.45) is -2.82. The van der Waals surface area contributed by atoms with Crippen LogP contribution < -0.4 is 0 Å². The average molecular weight is 346 g/mol. The van der Waals surface area contributed by atoms with Crippen molar-refractivity contribution in [2.24, 2.45) is 5.92 Å². The number of aromatic nitrogens is 1. The van der Waals surface area contributed by atoms with E-state index in [1.54, 1.807) is 0 Å². The molecule has 1 aliphatic rings. The molecule has 2 aromatic rings. The summed E-state index contributed by atoms with van der Waals surface area (Å²) >= 11 is 1.13. The predicted octanol–water partition coefficient (Wildman–Crippen LogP) is 3.34. The van der Waals surface area contributed by atoms with E-state index in [9.17, 15) is 22.8 Å². The quantitative estimate of drug-likeness (QED) is 0.872. The van der Waals surface area contributed by atoms with Crippen molar-refractivity contribution in [3.05, 3.63) is 22.7 Å². The van der Waals surface area contributed by atoms with Crippen LogP contribution in [0, 0.1) is 5.92 Å². The molecule has 2 heterocycles. The zero-order chi connectivity index (χ0) is 16.8. The van der Waals surface area contributed by atoms with Crippen LogP contribution in [0.4, 0.5) is 13.2 Å². The van der Waals surface area contributed by atoms with Crippen LogP contribution >= 0.6 is 11.3 Å². The fourth-order valence-electron chi connectivity index (χ4n) is 2.40. The summed E-state index contributed by atoms with van der Waals surface area (Å²) in [5.74, 6) is -1.79. The van der Waals surface area contributed by atoms with Crippen molar-refractivity contribution in [1.29, 1.82) is 0 Å². The first-order valence-corrected chi connectivity index (χ1v) is 7.82.